The van der Waals surface area contributed by atoms with Crippen LogP contribution in [-0.4, -0.2) is 24.3 Å². The van der Waals surface area contributed by atoms with Gasteiger partial charge in [0, 0.05) is 6.08 Å². The van der Waals surface area contributed by atoms with Crippen LogP contribution in [-0.2, 0) is 14.3 Å². The number of hydrogen-bond acceptors (Lipinski definition) is 3. The molecule has 1 unspecified atom stereocenters. The number of rotatable bonds is 6. The average molecular weight is 266 g/mol. The summed E-state index contributed by atoms with van der Waals surface area (Å²) in [5.41, 5.74) is 1.12. The third-order valence-electron chi connectivity index (χ3n) is 3.38. The van der Waals surface area contributed by atoms with E-state index in [0.717, 1.165) is 6.42 Å². The number of carbonyl (C=O) groups excluding carboxylic acids is 1. The number of allylic oxidation sites excluding steroid dienone is 1. The normalized spacial score (nSPS) is 19.7. The number of carbonyl (C=O) groups is 1. The summed E-state index contributed by atoms with van der Waals surface area (Å²) in [6.45, 7) is 14.0. The predicted octanol–water partition coefficient (Wildman–Crippen LogP) is 3.65. The van der Waals surface area contributed by atoms with Crippen molar-refractivity contribution in [3.8, 4) is 0 Å². The van der Waals surface area contributed by atoms with Gasteiger partial charge in [-0.15, -0.1) is 0 Å². The first-order chi connectivity index (χ1) is 8.65. The standard InChI is InChI=1S/C16H26O3/c1-7-14(17)18-11-16(5,6)19-12(2)13-8-9-15(3,4)10-13/h7,10,12H,1,8-9,11H2,2-6H3. The molecular weight excluding hydrogens is 240 g/mol. The van der Waals surface area contributed by atoms with Gasteiger partial charge in [0.1, 0.15) is 6.61 Å². The molecule has 0 heterocycles. The van der Waals surface area contributed by atoms with E-state index in [0.29, 0.717) is 0 Å². The van der Waals surface area contributed by atoms with Crippen LogP contribution in [0.15, 0.2) is 24.3 Å². The lowest BCUT2D eigenvalue weighted by atomic mass is 9.94. The molecule has 1 rings (SSSR count). The van der Waals surface area contributed by atoms with E-state index in [9.17, 15) is 4.79 Å². The highest BCUT2D eigenvalue weighted by Crippen LogP contribution is 2.37. The second kappa shape index (κ2) is 5.91. The highest BCUT2D eigenvalue weighted by atomic mass is 16.6. The molecule has 19 heavy (non-hydrogen) atoms. The number of ether oxygens (including phenoxy) is 2. The summed E-state index contributed by atoms with van der Waals surface area (Å²) < 4.78 is 11.1. The van der Waals surface area contributed by atoms with Crippen molar-refractivity contribution in [2.75, 3.05) is 6.61 Å². The number of hydrogen-bond donors (Lipinski definition) is 0. The van der Waals surface area contributed by atoms with Crippen LogP contribution in [0.25, 0.3) is 0 Å². The lowest BCUT2D eigenvalue weighted by molar-refractivity contribution is -0.150. The third kappa shape index (κ3) is 5.19. The van der Waals surface area contributed by atoms with Gasteiger partial charge in [-0.3, -0.25) is 0 Å². The maximum atomic E-state index is 11.1. The van der Waals surface area contributed by atoms with Crippen molar-refractivity contribution in [2.45, 2.75) is 59.2 Å². The van der Waals surface area contributed by atoms with Gasteiger partial charge in [0.05, 0.1) is 11.7 Å². The van der Waals surface area contributed by atoms with Crippen LogP contribution in [0, 0.1) is 5.41 Å². The summed E-state index contributed by atoms with van der Waals surface area (Å²) in [6.07, 6.45) is 5.78. The second-order valence-corrected chi connectivity index (χ2v) is 6.54. The minimum atomic E-state index is -0.494. The minimum absolute atomic E-state index is 0.0548. The maximum Gasteiger partial charge on any atom is 0.330 e. The van der Waals surface area contributed by atoms with Gasteiger partial charge in [0.2, 0.25) is 0 Å². The molecule has 108 valence electrons. The van der Waals surface area contributed by atoms with Gasteiger partial charge in [-0.05, 0) is 44.6 Å². The lowest BCUT2D eigenvalue weighted by Gasteiger charge is -2.29. The van der Waals surface area contributed by atoms with Crippen molar-refractivity contribution in [1.82, 2.24) is 0 Å². The van der Waals surface area contributed by atoms with Gasteiger partial charge in [-0.1, -0.05) is 26.5 Å². The molecule has 1 aliphatic rings. The van der Waals surface area contributed by atoms with Crippen LogP contribution in [0.3, 0.4) is 0 Å². The SMILES string of the molecule is C=CC(=O)OCC(C)(C)OC(C)C1=CC(C)(C)CC1. The Morgan fingerprint density at radius 3 is 2.68 bits per heavy atom. The van der Waals surface area contributed by atoms with Crippen LogP contribution >= 0.6 is 0 Å². The van der Waals surface area contributed by atoms with E-state index in [-0.39, 0.29) is 18.1 Å². The predicted molar refractivity (Wildman–Crippen MR) is 76.9 cm³/mol. The molecule has 0 aromatic rings. The lowest BCUT2D eigenvalue weighted by Crippen LogP contribution is -2.35. The van der Waals surface area contributed by atoms with E-state index in [1.807, 2.05) is 13.8 Å². The highest BCUT2D eigenvalue weighted by Gasteiger charge is 2.29. The van der Waals surface area contributed by atoms with E-state index >= 15 is 0 Å². The second-order valence-electron chi connectivity index (χ2n) is 6.54. The monoisotopic (exact) mass is 266 g/mol. The summed E-state index contributed by atoms with van der Waals surface area (Å²) in [5.74, 6) is -0.412. The first-order valence-electron chi connectivity index (χ1n) is 6.84. The third-order valence-corrected chi connectivity index (χ3v) is 3.38. The summed E-state index contributed by atoms with van der Waals surface area (Å²) in [7, 11) is 0. The smallest absolute Gasteiger partial charge is 0.330 e. The van der Waals surface area contributed by atoms with E-state index in [1.54, 1.807) is 0 Å². The van der Waals surface area contributed by atoms with E-state index < -0.39 is 11.6 Å². The van der Waals surface area contributed by atoms with Crippen LogP contribution in [0.2, 0.25) is 0 Å². The van der Waals surface area contributed by atoms with Crippen LogP contribution < -0.4 is 0 Å². The molecule has 1 atom stereocenters. The Balaban J connectivity index is 2.53. The first-order valence-corrected chi connectivity index (χ1v) is 6.84. The molecule has 0 saturated heterocycles. The Hall–Kier alpha value is -1.09. The average Bonchev–Trinajstić information content (AvgIpc) is 2.66. The van der Waals surface area contributed by atoms with Gasteiger partial charge in [-0.2, -0.15) is 0 Å². The van der Waals surface area contributed by atoms with Gasteiger partial charge in [0.15, 0.2) is 0 Å². The molecule has 0 N–H and O–H groups in total. The first kappa shape index (κ1) is 16.0. The highest BCUT2D eigenvalue weighted by molar-refractivity contribution is 5.81. The zero-order chi connectivity index (χ0) is 14.7. The van der Waals surface area contributed by atoms with Crippen LogP contribution in [0.4, 0.5) is 0 Å². The van der Waals surface area contributed by atoms with Crippen LogP contribution in [0.1, 0.15) is 47.5 Å². The molecular formula is C16H26O3. The fourth-order valence-corrected chi connectivity index (χ4v) is 2.33. The summed E-state index contributed by atoms with van der Waals surface area (Å²) in [5, 5.41) is 0. The summed E-state index contributed by atoms with van der Waals surface area (Å²) in [6, 6.07) is 0. The van der Waals surface area contributed by atoms with E-state index in [1.165, 1.54) is 18.1 Å². The molecule has 0 aromatic carbocycles. The molecule has 1 aliphatic carbocycles. The zero-order valence-corrected chi connectivity index (χ0v) is 12.8. The molecule has 3 heteroatoms. The molecule has 3 nitrogen and oxygen atoms in total. The summed E-state index contributed by atoms with van der Waals surface area (Å²) >= 11 is 0. The Morgan fingerprint density at radius 1 is 1.58 bits per heavy atom. The Morgan fingerprint density at radius 2 is 2.21 bits per heavy atom. The minimum Gasteiger partial charge on any atom is -0.459 e. The van der Waals surface area contributed by atoms with Crippen molar-refractivity contribution in [3.05, 3.63) is 24.3 Å². The van der Waals surface area contributed by atoms with Crippen molar-refractivity contribution in [2.24, 2.45) is 5.41 Å². The van der Waals surface area contributed by atoms with E-state index in [4.69, 9.17) is 9.47 Å². The topological polar surface area (TPSA) is 35.5 Å². The molecule has 0 spiro atoms. The summed E-state index contributed by atoms with van der Waals surface area (Å²) in [4.78, 5) is 11.1. The van der Waals surface area contributed by atoms with Crippen LogP contribution in [0.5, 0.6) is 0 Å². The molecule has 0 amide bonds. The molecule has 0 aromatic heterocycles. The molecule has 0 bridgehead atoms. The Kier molecular flexibility index (Phi) is 4.97. The fourth-order valence-electron chi connectivity index (χ4n) is 2.33. The van der Waals surface area contributed by atoms with Crippen molar-refractivity contribution >= 4 is 5.97 Å². The Labute approximate surface area is 116 Å². The Bertz CT molecular complexity index is 377. The molecule has 0 fully saturated rings. The van der Waals surface area contributed by atoms with Gasteiger partial charge in [0.25, 0.3) is 0 Å². The van der Waals surface area contributed by atoms with E-state index in [2.05, 4.69) is 33.4 Å². The van der Waals surface area contributed by atoms with Crippen molar-refractivity contribution < 1.29 is 14.3 Å². The molecule has 0 saturated carbocycles. The zero-order valence-electron chi connectivity index (χ0n) is 12.8. The number of esters is 1. The fraction of sp³-hybridized carbons (Fsp3) is 0.688. The quantitative estimate of drug-likeness (QED) is 0.418. The van der Waals surface area contributed by atoms with Gasteiger partial charge in [-0.25, -0.2) is 4.79 Å². The van der Waals surface area contributed by atoms with Gasteiger partial charge < -0.3 is 9.47 Å². The van der Waals surface area contributed by atoms with Crippen molar-refractivity contribution in [1.29, 1.82) is 0 Å². The molecule has 0 radical (unpaired) electrons. The van der Waals surface area contributed by atoms with Crippen molar-refractivity contribution in [3.63, 3.8) is 0 Å². The van der Waals surface area contributed by atoms with Gasteiger partial charge >= 0.3 is 5.97 Å². The largest absolute Gasteiger partial charge is 0.459 e. The maximum absolute atomic E-state index is 11.1. The molecule has 0 aliphatic heterocycles.